The summed E-state index contributed by atoms with van der Waals surface area (Å²) in [4.78, 5) is 4.46. The molecule has 0 fully saturated rings. The van der Waals surface area contributed by atoms with Crippen molar-refractivity contribution in [3.63, 3.8) is 0 Å². The van der Waals surface area contributed by atoms with Gasteiger partial charge in [-0.05, 0) is 32.3 Å². The van der Waals surface area contributed by atoms with E-state index in [1.807, 2.05) is 22.9 Å². The van der Waals surface area contributed by atoms with Crippen molar-refractivity contribution in [1.82, 2.24) is 9.55 Å². The smallest absolute Gasteiger partial charge is 0.142 e. The lowest BCUT2D eigenvalue weighted by molar-refractivity contribution is 0.0807. The van der Waals surface area contributed by atoms with Gasteiger partial charge in [0.1, 0.15) is 12.1 Å². The highest BCUT2D eigenvalue weighted by Gasteiger charge is 2.21. The first-order valence-corrected chi connectivity index (χ1v) is 6.07. The lowest BCUT2D eigenvalue weighted by atomic mass is 10.1. The molecule has 0 radical (unpaired) electrons. The second-order valence-corrected chi connectivity index (χ2v) is 4.69. The molecule has 0 saturated carbocycles. The highest BCUT2D eigenvalue weighted by molar-refractivity contribution is 5.57. The van der Waals surface area contributed by atoms with Gasteiger partial charge in [-0.3, -0.25) is 0 Å². The van der Waals surface area contributed by atoms with E-state index in [2.05, 4.69) is 24.0 Å². The number of hydrogen-bond donors (Lipinski definition) is 1. The molecular formula is C14H16N2O. The zero-order chi connectivity index (χ0) is 11.8. The Labute approximate surface area is 101 Å². The standard InChI is InChI=1S/C14H16N2O/c1-10-4-2-5-11(8-10)14-15-9-12-6-3-7-13(17)16(12)14/h2,4-5,8-9,13,17H,3,6-7H2,1H3. The van der Waals surface area contributed by atoms with Crippen molar-refractivity contribution in [2.24, 2.45) is 0 Å². The van der Waals surface area contributed by atoms with Gasteiger partial charge in [0.05, 0.1) is 0 Å². The summed E-state index contributed by atoms with van der Waals surface area (Å²) in [6, 6.07) is 8.25. The molecule has 1 aliphatic rings. The Bertz CT molecular complexity index is 545. The van der Waals surface area contributed by atoms with Crippen LogP contribution < -0.4 is 0 Å². The van der Waals surface area contributed by atoms with E-state index < -0.39 is 6.23 Å². The number of aliphatic hydroxyl groups excluding tert-OH is 1. The van der Waals surface area contributed by atoms with E-state index in [4.69, 9.17) is 0 Å². The van der Waals surface area contributed by atoms with Crippen LogP contribution in [0.4, 0.5) is 0 Å². The predicted molar refractivity (Wildman–Crippen MR) is 66.6 cm³/mol. The van der Waals surface area contributed by atoms with Gasteiger partial charge in [-0.15, -0.1) is 0 Å². The number of rotatable bonds is 1. The molecule has 3 heteroatoms. The number of hydrogen-bond acceptors (Lipinski definition) is 2. The molecule has 0 bridgehead atoms. The van der Waals surface area contributed by atoms with E-state index in [9.17, 15) is 5.11 Å². The Morgan fingerprint density at radius 2 is 2.29 bits per heavy atom. The van der Waals surface area contributed by atoms with Crippen LogP contribution in [0.1, 0.15) is 30.3 Å². The zero-order valence-corrected chi connectivity index (χ0v) is 9.93. The molecule has 0 aliphatic carbocycles. The molecule has 2 heterocycles. The van der Waals surface area contributed by atoms with Crippen molar-refractivity contribution < 1.29 is 5.11 Å². The molecule has 1 aromatic heterocycles. The van der Waals surface area contributed by atoms with Crippen molar-refractivity contribution in [2.45, 2.75) is 32.4 Å². The summed E-state index contributed by atoms with van der Waals surface area (Å²) in [5.74, 6) is 0.885. The van der Waals surface area contributed by atoms with E-state index in [1.165, 1.54) is 5.56 Å². The van der Waals surface area contributed by atoms with E-state index in [0.29, 0.717) is 0 Å². The maximum atomic E-state index is 10.1. The van der Waals surface area contributed by atoms with Crippen LogP contribution in [-0.2, 0) is 6.42 Å². The molecule has 1 atom stereocenters. The molecule has 1 aliphatic heterocycles. The monoisotopic (exact) mass is 228 g/mol. The van der Waals surface area contributed by atoms with Crippen molar-refractivity contribution in [3.8, 4) is 11.4 Å². The Morgan fingerprint density at radius 3 is 3.12 bits per heavy atom. The molecule has 0 amide bonds. The molecule has 3 nitrogen and oxygen atoms in total. The summed E-state index contributed by atoms with van der Waals surface area (Å²) in [6.07, 6.45) is 4.34. The summed E-state index contributed by atoms with van der Waals surface area (Å²) in [7, 11) is 0. The fourth-order valence-electron chi connectivity index (χ4n) is 2.51. The van der Waals surface area contributed by atoms with Crippen LogP contribution in [0.3, 0.4) is 0 Å². The summed E-state index contributed by atoms with van der Waals surface area (Å²) in [5, 5.41) is 10.1. The Hall–Kier alpha value is -1.61. The predicted octanol–water partition coefficient (Wildman–Crippen LogP) is 2.69. The third-order valence-electron chi connectivity index (χ3n) is 3.34. The van der Waals surface area contributed by atoms with Crippen LogP contribution in [0, 0.1) is 6.92 Å². The molecule has 0 spiro atoms. The molecule has 17 heavy (non-hydrogen) atoms. The van der Waals surface area contributed by atoms with Gasteiger partial charge in [0.2, 0.25) is 0 Å². The molecule has 0 saturated heterocycles. The Morgan fingerprint density at radius 1 is 1.41 bits per heavy atom. The number of benzene rings is 1. The quantitative estimate of drug-likeness (QED) is 0.815. The van der Waals surface area contributed by atoms with Crippen molar-refractivity contribution in [1.29, 1.82) is 0 Å². The van der Waals surface area contributed by atoms with E-state index in [-0.39, 0.29) is 0 Å². The van der Waals surface area contributed by atoms with Crippen LogP contribution >= 0.6 is 0 Å². The minimum Gasteiger partial charge on any atom is -0.373 e. The number of nitrogens with zero attached hydrogens (tertiary/aromatic N) is 2. The van der Waals surface area contributed by atoms with E-state index in [1.54, 1.807) is 0 Å². The molecule has 1 aromatic carbocycles. The average Bonchev–Trinajstić information content (AvgIpc) is 2.74. The van der Waals surface area contributed by atoms with Crippen LogP contribution in [0.15, 0.2) is 30.5 Å². The zero-order valence-electron chi connectivity index (χ0n) is 9.93. The first kappa shape index (κ1) is 10.5. The molecule has 88 valence electrons. The molecule has 2 aromatic rings. The number of fused-ring (bicyclic) bond motifs is 1. The number of imidazole rings is 1. The third kappa shape index (κ3) is 1.76. The van der Waals surface area contributed by atoms with E-state index in [0.717, 1.165) is 36.3 Å². The maximum Gasteiger partial charge on any atom is 0.142 e. The van der Waals surface area contributed by atoms with Gasteiger partial charge >= 0.3 is 0 Å². The lowest BCUT2D eigenvalue weighted by Crippen LogP contribution is -2.17. The van der Waals surface area contributed by atoms with Gasteiger partial charge in [0, 0.05) is 17.5 Å². The SMILES string of the molecule is Cc1cccc(-c2ncc3n2C(O)CCC3)c1. The minimum absolute atomic E-state index is 0.420. The van der Waals surface area contributed by atoms with Crippen molar-refractivity contribution in [2.75, 3.05) is 0 Å². The van der Waals surface area contributed by atoms with Gasteiger partial charge in [0.25, 0.3) is 0 Å². The Kier molecular flexibility index (Phi) is 2.48. The minimum atomic E-state index is -0.420. The normalized spacial score (nSPS) is 19.1. The summed E-state index contributed by atoms with van der Waals surface area (Å²) >= 11 is 0. The Balaban J connectivity index is 2.13. The van der Waals surface area contributed by atoms with Gasteiger partial charge < -0.3 is 9.67 Å². The number of aromatic nitrogens is 2. The van der Waals surface area contributed by atoms with Gasteiger partial charge in [-0.2, -0.15) is 0 Å². The van der Waals surface area contributed by atoms with Crippen LogP contribution in [0.2, 0.25) is 0 Å². The van der Waals surface area contributed by atoms with E-state index >= 15 is 0 Å². The first-order chi connectivity index (χ1) is 8.25. The summed E-state index contributed by atoms with van der Waals surface area (Å²) < 4.78 is 1.97. The topological polar surface area (TPSA) is 38.0 Å². The largest absolute Gasteiger partial charge is 0.373 e. The van der Waals surface area contributed by atoms with Crippen LogP contribution in [0.25, 0.3) is 11.4 Å². The fourth-order valence-corrected chi connectivity index (χ4v) is 2.51. The fraction of sp³-hybridized carbons (Fsp3) is 0.357. The van der Waals surface area contributed by atoms with Crippen LogP contribution in [-0.4, -0.2) is 14.7 Å². The summed E-state index contributed by atoms with van der Waals surface area (Å²) in [5.41, 5.74) is 3.43. The highest BCUT2D eigenvalue weighted by Crippen LogP contribution is 2.29. The highest BCUT2D eigenvalue weighted by atomic mass is 16.3. The lowest BCUT2D eigenvalue weighted by Gasteiger charge is -2.22. The van der Waals surface area contributed by atoms with Gasteiger partial charge in [-0.25, -0.2) is 4.98 Å². The second kappa shape index (κ2) is 4.00. The second-order valence-electron chi connectivity index (χ2n) is 4.69. The molecular weight excluding hydrogens is 212 g/mol. The summed E-state index contributed by atoms with van der Waals surface area (Å²) in [6.45, 7) is 2.07. The third-order valence-corrected chi connectivity index (χ3v) is 3.34. The van der Waals surface area contributed by atoms with Crippen molar-refractivity contribution >= 4 is 0 Å². The molecule has 3 rings (SSSR count). The first-order valence-electron chi connectivity index (χ1n) is 6.07. The van der Waals surface area contributed by atoms with Crippen LogP contribution in [0.5, 0.6) is 0 Å². The molecule has 1 N–H and O–H groups in total. The number of aryl methyl sites for hydroxylation is 2. The molecule has 1 unspecified atom stereocenters. The van der Waals surface area contributed by atoms with Gasteiger partial charge in [0.15, 0.2) is 0 Å². The maximum absolute atomic E-state index is 10.1. The van der Waals surface area contributed by atoms with Crippen molar-refractivity contribution in [3.05, 3.63) is 41.7 Å². The number of aliphatic hydroxyl groups is 1. The van der Waals surface area contributed by atoms with Gasteiger partial charge in [-0.1, -0.05) is 23.8 Å². The average molecular weight is 228 g/mol.